The molecular weight excluding hydrogens is 318 g/mol. The van der Waals surface area contributed by atoms with E-state index in [0.29, 0.717) is 43.3 Å². The number of rotatable bonds is 7. The second-order valence-electron chi connectivity index (χ2n) is 7.06. The lowest BCUT2D eigenvalue weighted by molar-refractivity contribution is -0.141. The zero-order valence-corrected chi connectivity index (χ0v) is 15.1. The normalized spacial score (nSPS) is 24.4. The van der Waals surface area contributed by atoms with E-state index in [1.807, 2.05) is 12.4 Å². The molecule has 0 unspecified atom stereocenters. The number of carbonyl (C=O) groups excluding carboxylic acids is 1. The first kappa shape index (κ1) is 18.2. The number of likely N-dealkylation sites (tertiary alicyclic amines) is 2. The first-order valence-corrected chi connectivity index (χ1v) is 9.22. The van der Waals surface area contributed by atoms with Crippen LogP contribution in [0.2, 0.25) is 0 Å². The summed E-state index contributed by atoms with van der Waals surface area (Å²) >= 11 is 0. The van der Waals surface area contributed by atoms with Crippen LogP contribution in [-0.4, -0.2) is 65.0 Å². The Bertz CT molecular complexity index is 565. The van der Waals surface area contributed by atoms with Crippen LogP contribution in [0.25, 0.3) is 0 Å². The average Bonchev–Trinajstić information content (AvgIpc) is 2.63. The summed E-state index contributed by atoms with van der Waals surface area (Å²) in [5.41, 5.74) is 6.76. The highest BCUT2D eigenvalue weighted by Crippen LogP contribution is 2.31. The van der Waals surface area contributed by atoms with E-state index >= 15 is 0 Å². The summed E-state index contributed by atoms with van der Waals surface area (Å²) in [5, 5.41) is 0. The molecular formula is C18H29N5O2. The Hall–Kier alpha value is -1.57. The maximum atomic E-state index is 12.3. The molecule has 0 saturated carbocycles. The van der Waals surface area contributed by atoms with Crippen LogP contribution < -0.4 is 5.73 Å². The van der Waals surface area contributed by atoms with E-state index in [2.05, 4.69) is 19.8 Å². The van der Waals surface area contributed by atoms with E-state index in [-0.39, 0.29) is 0 Å². The summed E-state index contributed by atoms with van der Waals surface area (Å²) in [6.07, 6.45) is 7.40. The van der Waals surface area contributed by atoms with Crippen molar-refractivity contribution < 1.29 is 9.53 Å². The molecule has 2 aliphatic rings. The SMILES string of the molecule is COCc1ncc(CN2CC[C@@H]3[C@@H](CCC(=O)N3CCCN)C2)cn1. The average molecular weight is 347 g/mol. The van der Waals surface area contributed by atoms with Crippen molar-refractivity contribution in [2.75, 3.05) is 33.3 Å². The summed E-state index contributed by atoms with van der Waals surface area (Å²) in [6, 6.07) is 0.393. The highest BCUT2D eigenvalue weighted by atomic mass is 16.5. The Morgan fingerprint density at radius 1 is 1.32 bits per heavy atom. The van der Waals surface area contributed by atoms with Gasteiger partial charge >= 0.3 is 0 Å². The molecule has 1 aromatic heterocycles. The number of ether oxygens (including phenoxy) is 1. The van der Waals surface area contributed by atoms with Crippen LogP contribution >= 0.6 is 0 Å². The van der Waals surface area contributed by atoms with Crippen molar-refractivity contribution in [1.82, 2.24) is 19.8 Å². The maximum absolute atomic E-state index is 12.3. The number of aromatic nitrogens is 2. The third-order valence-electron chi connectivity index (χ3n) is 5.27. The number of amides is 1. The number of hydrogen-bond donors (Lipinski definition) is 1. The first-order chi connectivity index (χ1) is 12.2. The summed E-state index contributed by atoms with van der Waals surface area (Å²) in [4.78, 5) is 25.5. The van der Waals surface area contributed by atoms with Gasteiger partial charge in [-0.3, -0.25) is 9.69 Å². The Kier molecular flexibility index (Phi) is 6.34. The van der Waals surface area contributed by atoms with Gasteiger partial charge in [0.25, 0.3) is 0 Å². The molecule has 2 N–H and O–H groups in total. The summed E-state index contributed by atoms with van der Waals surface area (Å²) in [6.45, 7) is 4.82. The van der Waals surface area contributed by atoms with Crippen molar-refractivity contribution >= 4 is 5.91 Å². The van der Waals surface area contributed by atoms with Gasteiger partial charge in [-0.2, -0.15) is 0 Å². The van der Waals surface area contributed by atoms with Crippen molar-refractivity contribution in [3.8, 4) is 0 Å². The van der Waals surface area contributed by atoms with Crippen LogP contribution in [0, 0.1) is 5.92 Å². The number of nitrogens with two attached hydrogens (primary N) is 1. The quantitative estimate of drug-likeness (QED) is 0.785. The predicted molar refractivity (Wildman–Crippen MR) is 94.5 cm³/mol. The molecule has 2 aliphatic heterocycles. The van der Waals surface area contributed by atoms with Gasteiger partial charge in [0.05, 0.1) is 0 Å². The van der Waals surface area contributed by atoms with E-state index in [0.717, 1.165) is 51.0 Å². The van der Waals surface area contributed by atoms with Crippen LogP contribution in [-0.2, 0) is 22.7 Å². The number of piperidine rings is 2. The Balaban J connectivity index is 1.56. The number of fused-ring (bicyclic) bond motifs is 1. The molecule has 138 valence electrons. The van der Waals surface area contributed by atoms with Gasteiger partial charge in [0.2, 0.25) is 5.91 Å². The minimum Gasteiger partial charge on any atom is -0.377 e. The third kappa shape index (κ3) is 4.54. The van der Waals surface area contributed by atoms with Crippen LogP contribution in [0.5, 0.6) is 0 Å². The van der Waals surface area contributed by atoms with Gasteiger partial charge in [0, 0.05) is 63.7 Å². The number of nitrogens with zero attached hydrogens (tertiary/aromatic N) is 4. The molecule has 1 aromatic rings. The second kappa shape index (κ2) is 8.69. The van der Waals surface area contributed by atoms with Crippen molar-refractivity contribution in [1.29, 1.82) is 0 Å². The smallest absolute Gasteiger partial charge is 0.222 e. The summed E-state index contributed by atoms with van der Waals surface area (Å²) in [7, 11) is 1.65. The van der Waals surface area contributed by atoms with E-state index in [1.54, 1.807) is 7.11 Å². The Morgan fingerprint density at radius 3 is 2.84 bits per heavy atom. The molecule has 0 aromatic carbocycles. The molecule has 0 spiro atoms. The number of hydrogen-bond acceptors (Lipinski definition) is 6. The van der Waals surface area contributed by atoms with Crippen molar-refractivity contribution in [3.63, 3.8) is 0 Å². The Labute approximate surface area is 149 Å². The van der Waals surface area contributed by atoms with Crippen molar-refractivity contribution in [3.05, 3.63) is 23.8 Å². The fourth-order valence-corrected chi connectivity index (χ4v) is 4.05. The lowest BCUT2D eigenvalue weighted by Crippen LogP contribution is -2.56. The van der Waals surface area contributed by atoms with Gasteiger partial charge in [0.1, 0.15) is 6.61 Å². The summed E-state index contributed by atoms with van der Waals surface area (Å²) in [5.74, 6) is 1.59. The maximum Gasteiger partial charge on any atom is 0.222 e. The molecule has 2 atom stereocenters. The lowest BCUT2D eigenvalue weighted by Gasteiger charge is -2.47. The highest BCUT2D eigenvalue weighted by molar-refractivity contribution is 5.77. The Morgan fingerprint density at radius 2 is 2.12 bits per heavy atom. The van der Waals surface area contributed by atoms with Crippen LogP contribution in [0.4, 0.5) is 0 Å². The number of carbonyl (C=O) groups is 1. The third-order valence-corrected chi connectivity index (χ3v) is 5.27. The van der Waals surface area contributed by atoms with Gasteiger partial charge in [-0.15, -0.1) is 0 Å². The van der Waals surface area contributed by atoms with E-state index in [4.69, 9.17) is 10.5 Å². The van der Waals surface area contributed by atoms with Gasteiger partial charge in [-0.1, -0.05) is 0 Å². The topological polar surface area (TPSA) is 84.6 Å². The van der Waals surface area contributed by atoms with Crippen molar-refractivity contribution in [2.45, 2.75) is 44.9 Å². The second-order valence-corrected chi connectivity index (χ2v) is 7.06. The molecule has 7 nitrogen and oxygen atoms in total. The van der Waals surface area contributed by atoms with E-state index < -0.39 is 0 Å². The standard InChI is InChI=1S/C18H29N5O2/c1-25-13-17-20-9-14(10-21-17)11-22-8-5-16-15(12-22)3-4-18(24)23(16)7-2-6-19/h9-10,15-16H,2-8,11-13,19H2,1H3/t15-,16+/m0/s1. The predicted octanol–water partition coefficient (Wildman–Crippen LogP) is 0.785. The lowest BCUT2D eigenvalue weighted by atomic mass is 9.83. The molecule has 3 rings (SSSR count). The van der Waals surface area contributed by atoms with E-state index in [1.165, 1.54) is 0 Å². The van der Waals surface area contributed by atoms with Crippen LogP contribution in [0.1, 0.15) is 37.1 Å². The molecule has 1 amide bonds. The monoisotopic (exact) mass is 347 g/mol. The van der Waals surface area contributed by atoms with Gasteiger partial charge in [-0.05, 0) is 31.7 Å². The first-order valence-electron chi connectivity index (χ1n) is 9.22. The molecule has 0 radical (unpaired) electrons. The minimum absolute atomic E-state index is 0.310. The van der Waals surface area contributed by atoms with Crippen LogP contribution in [0.3, 0.4) is 0 Å². The number of methoxy groups -OCH3 is 1. The molecule has 0 aliphatic carbocycles. The summed E-state index contributed by atoms with van der Waals surface area (Å²) < 4.78 is 5.05. The highest BCUT2D eigenvalue weighted by Gasteiger charge is 2.38. The van der Waals surface area contributed by atoms with Gasteiger partial charge < -0.3 is 15.4 Å². The van der Waals surface area contributed by atoms with Crippen molar-refractivity contribution in [2.24, 2.45) is 11.7 Å². The fraction of sp³-hybridized carbons (Fsp3) is 0.722. The minimum atomic E-state index is 0.310. The molecule has 25 heavy (non-hydrogen) atoms. The van der Waals surface area contributed by atoms with Gasteiger partial charge in [0.15, 0.2) is 5.82 Å². The van der Waals surface area contributed by atoms with E-state index in [9.17, 15) is 4.79 Å². The van der Waals surface area contributed by atoms with Gasteiger partial charge in [-0.25, -0.2) is 9.97 Å². The molecule has 7 heteroatoms. The molecule has 2 fully saturated rings. The zero-order valence-electron chi connectivity index (χ0n) is 15.1. The molecule has 2 saturated heterocycles. The molecule has 3 heterocycles. The largest absolute Gasteiger partial charge is 0.377 e. The van der Waals surface area contributed by atoms with Crippen LogP contribution in [0.15, 0.2) is 12.4 Å². The molecule has 0 bridgehead atoms. The zero-order chi connectivity index (χ0) is 17.6. The fourth-order valence-electron chi connectivity index (χ4n) is 4.05.